The van der Waals surface area contributed by atoms with Crippen LogP contribution in [0.2, 0.25) is 0 Å². The number of morpholine rings is 1. The lowest BCUT2D eigenvalue weighted by Crippen LogP contribution is -2.49. The van der Waals surface area contributed by atoms with Crippen LogP contribution in [0.1, 0.15) is 34.7 Å². The zero-order valence-electron chi connectivity index (χ0n) is 24.0. The number of aryl methyl sites for hydroxylation is 1. The predicted octanol–water partition coefficient (Wildman–Crippen LogP) is 3.03. The highest BCUT2D eigenvalue weighted by atomic mass is 16.5. The number of phenols is 1. The van der Waals surface area contributed by atoms with Crippen LogP contribution in [0.4, 0.5) is 11.5 Å². The maximum Gasteiger partial charge on any atom is 0.277 e. The molecule has 2 saturated heterocycles. The normalized spacial score (nSPS) is 17.9. The molecule has 10 heteroatoms. The molecule has 0 spiro atoms. The van der Waals surface area contributed by atoms with Crippen LogP contribution in [0.15, 0.2) is 49.1 Å². The number of ether oxygens (including phenoxy) is 1. The summed E-state index contributed by atoms with van der Waals surface area (Å²) in [6.45, 7) is 11.0. The Morgan fingerprint density at radius 3 is 2.57 bits per heavy atom. The zero-order valence-corrected chi connectivity index (χ0v) is 24.0. The second-order valence-corrected chi connectivity index (χ2v) is 11.1. The number of anilines is 2. The van der Waals surface area contributed by atoms with E-state index in [9.17, 15) is 14.7 Å². The second-order valence-electron chi connectivity index (χ2n) is 11.1. The van der Waals surface area contributed by atoms with Crippen LogP contribution in [-0.4, -0.2) is 102 Å². The fourth-order valence-corrected chi connectivity index (χ4v) is 6.19. The number of hydrogen-bond acceptors (Lipinski definition) is 8. The summed E-state index contributed by atoms with van der Waals surface area (Å²) in [5.41, 5.74) is 1.98. The minimum absolute atomic E-state index is 0.0653. The lowest BCUT2D eigenvalue weighted by atomic mass is 10.0. The summed E-state index contributed by atoms with van der Waals surface area (Å²) in [6.07, 6.45) is 4.58. The zero-order chi connectivity index (χ0) is 29.1. The molecule has 4 heterocycles. The van der Waals surface area contributed by atoms with Gasteiger partial charge in [-0.2, -0.15) is 0 Å². The monoisotopic (exact) mass is 570 g/mol. The number of phenolic OH excluding ortho intramolecular Hbond substituents is 1. The Hall–Kier alpha value is -4.02. The minimum Gasteiger partial charge on any atom is -0.508 e. The summed E-state index contributed by atoms with van der Waals surface area (Å²) < 4.78 is 5.46. The molecule has 2 amide bonds. The van der Waals surface area contributed by atoms with E-state index in [1.807, 2.05) is 24.3 Å². The van der Waals surface area contributed by atoms with E-state index in [1.54, 1.807) is 21.9 Å². The Labute approximate surface area is 246 Å². The number of benzene rings is 2. The van der Waals surface area contributed by atoms with Crippen molar-refractivity contribution in [1.82, 2.24) is 19.8 Å². The van der Waals surface area contributed by atoms with E-state index in [1.165, 1.54) is 6.08 Å². The summed E-state index contributed by atoms with van der Waals surface area (Å²) in [6, 6.07) is 11.2. The van der Waals surface area contributed by atoms with Gasteiger partial charge in [-0.1, -0.05) is 30.8 Å². The third-order valence-corrected chi connectivity index (χ3v) is 8.47. The summed E-state index contributed by atoms with van der Waals surface area (Å²) >= 11 is 0. The smallest absolute Gasteiger partial charge is 0.277 e. The van der Waals surface area contributed by atoms with Gasteiger partial charge in [-0.15, -0.1) is 0 Å². The highest BCUT2D eigenvalue weighted by Crippen LogP contribution is 2.36. The van der Waals surface area contributed by atoms with Crippen molar-refractivity contribution in [2.75, 3.05) is 75.4 Å². The molecule has 1 aromatic heterocycles. The van der Waals surface area contributed by atoms with E-state index in [-0.39, 0.29) is 17.6 Å². The van der Waals surface area contributed by atoms with Crippen molar-refractivity contribution in [1.29, 1.82) is 0 Å². The molecular weight excluding hydrogens is 532 g/mol. The molecule has 220 valence electrons. The lowest BCUT2D eigenvalue weighted by Gasteiger charge is -2.37. The van der Waals surface area contributed by atoms with Gasteiger partial charge in [0.25, 0.3) is 5.91 Å². The summed E-state index contributed by atoms with van der Waals surface area (Å²) in [7, 11) is 0. The molecule has 3 aliphatic rings. The first-order valence-corrected chi connectivity index (χ1v) is 14.9. The molecule has 6 rings (SSSR count). The van der Waals surface area contributed by atoms with Crippen LogP contribution in [0.25, 0.3) is 10.8 Å². The first kappa shape index (κ1) is 28.1. The average Bonchev–Trinajstić information content (AvgIpc) is 3.03. The van der Waals surface area contributed by atoms with Crippen LogP contribution in [0, 0.1) is 0 Å². The van der Waals surface area contributed by atoms with E-state index in [4.69, 9.17) is 14.7 Å². The highest BCUT2D eigenvalue weighted by molar-refractivity contribution is 6.12. The van der Waals surface area contributed by atoms with Crippen molar-refractivity contribution in [2.24, 2.45) is 0 Å². The predicted molar refractivity (Wildman–Crippen MR) is 162 cm³/mol. The molecule has 0 radical (unpaired) electrons. The Kier molecular flexibility index (Phi) is 8.34. The van der Waals surface area contributed by atoms with E-state index in [0.29, 0.717) is 62.8 Å². The maximum absolute atomic E-state index is 14.1. The Morgan fingerprint density at radius 2 is 1.79 bits per heavy atom. The van der Waals surface area contributed by atoms with Crippen LogP contribution in [-0.2, 0) is 22.4 Å². The number of unbranched alkanes of at least 4 members (excludes halogenated alkanes) is 1. The number of piperazine rings is 1. The van der Waals surface area contributed by atoms with Crippen molar-refractivity contribution in [2.45, 2.75) is 25.7 Å². The van der Waals surface area contributed by atoms with Gasteiger partial charge in [0.2, 0.25) is 5.91 Å². The molecule has 0 atom stereocenters. The summed E-state index contributed by atoms with van der Waals surface area (Å²) in [5.74, 6) is 1.36. The van der Waals surface area contributed by atoms with Gasteiger partial charge in [0.15, 0.2) is 0 Å². The third-order valence-electron chi connectivity index (χ3n) is 8.47. The Bertz CT molecular complexity index is 1480. The molecule has 0 aliphatic carbocycles. The first-order chi connectivity index (χ1) is 20.5. The van der Waals surface area contributed by atoms with Gasteiger partial charge >= 0.3 is 0 Å². The van der Waals surface area contributed by atoms with Gasteiger partial charge in [0, 0.05) is 69.3 Å². The molecule has 2 fully saturated rings. The van der Waals surface area contributed by atoms with E-state index >= 15 is 0 Å². The lowest BCUT2D eigenvalue weighted by molar-refractivity contribution is -0.126. The van der Waals surface area contributed by atoms with Crippen LogP contribution >= 0.6 is 0 Å². The van der Waals surface area contributed by atoms with Gasteiger partial charge in [-0.25, -0.2) is 9.97 Å². The molecule has 42 heavy (non-hydrogen) atoms. The van der Waals surface area contributed by atoms with Gasteiger partial charge in [0.05, 0.1) is 18.9 Å². The molecule has 0 saturated carbocycles. The van der Waals surface area contributed by atoms with E-state index in [0.717, 1.165) is 67.8 Å². The summed E-state index contributed by atoms with van der Waals surface area (Å²) in [4.78, 5) is 44.3. The van der Waals surface area contributed by atoms with Gasteiger partial charge < -0.3 is 24.5 Å². The third kappa shape index (κ3) is 5.82. The van der Waals surface area contributed by atoms with Crippen LogP contribution in [0.5, 0.6) is 5.75 Å². The first-order valence-electron chi connectivity index (χ1n) is 14.9. The molecule has 3 aliphatic heterocycles. The molecule has 10 nitrogen and oxygen atoms in total. The SMILES string of the molecule is C=CC(=O)N1CCN(c2nc(CCCCN3CCOCC3)nc3c2CCN(c2cc(O)cc4ccccc24)C3=O)CC1. The van der Waals surface area contributed by atoms with Gasteiger partial charge in [-0.3, -0.25) is 14.5 Å². The van der Waals surface area contributed by atoms with Crippen molar-refractivity contribution in [3.05, 3.63) is 66.1 Å². The number of hydrogen-bond donors (Lipinski definition) is 1. The fraction of sp³-hybridized carbons (Fsp3) is 0.438. The molecule has 0 bridgehead atoms. The largest absolute Gasteiger partial charge is 0.508 e. The van der Waals surface area contributed by atoms with E-state index < -0.39 is 0 Å². The summed E-state index contributed by atoms with van der Waals surface area (Å²) in [5, 5.41) is 12.2. The number of aromatic nitrogens is 2. The standard InChI is InChI=1S/C32H38N6O4/c1-2-29(40)36-13-15-37(16-14-36)31-26-10-12-38(27-22-24(39)21-23-7-3-4-8-25(23)27)32(41)30(26)33-28(34-31)9-5-6-11-35-17-19-42-20-18-35/h2-4,7-8,21-22,39H,1,5-6,9-20H2. The number of fused-ring (bicyclic) bond motifs is 2. The molecule has 2 aromatic carbocycles. The van der Waals surface area contributed by atoms with Gasteiger partial charge in [0.1, 0.15) is 23.1 Å². The molecule has 0 unspecified atom stereocenters. The van der Waals surface area contributed by atoms with Gasteiger partial charge in [-0.05, 0) is 43.3 Å². The maximum atomic E-state index is 14.1. The number of carbonyl (C=O) groups excluding carboxylic acids is 2. The van der Waals surface area contributed by atoms with Crippen molar-refractivity contribution < 1.29 is 19.4 Å². The Balaban J connectivity index is 1.28. The average molecular weight is 571 g/mol. The molecule has 1 N–H and O–H groups in total. The van der Waals surface area contributed by atoms with Crippen LogP contribution in [0.3, 0.4) is 0 Å². The molecular formula is C32H38N6O4. The number of rotatable bonds is 8. The highest BCUT2D eigenvalue weighted by Gasteiger charge is 2.33. The second kappa shape index (κ2) is 12.5. The Morgan fingerprint density at radius 1 is 1.00 bits per heavy atom. The van der Waals surface area contributed by atoms with Crippen molar-refractivity contribution >= 4 is 34.1 Å². The minimum atomic E-state index is -0.175. The fourth-order valence-electron chi connectivity index (χ4n) is 6.19. The quantitative estimate of drug-likeness (QED) is 0.326. The van der Waals surface area contributed by atoms with Crippen molar-refractivity contribution in [3.63, 3.8) is 0 Å². The number of aromatic hydroxyl groups is 1. The number of amides is 2. The molecule has 3 aromatic rings. The van der Waals surface area contributed by atoms with E-state index in [2.05, 4.69) is 16.4 Å². The van der Waals surface area contributed by atoms with Crippen molar-refractivity contribution in [3.8, 4) is 5.75 Å². The number of nitrogens with zero attached hydrogens (tertiary/aromatic N) is 6. The number of carbonyl (C=O) groups is 2. The topological polar surface area (TPSA) is 102 Å². The van der Waals surface area contributed by atoms with Crippen LogP contribution < -0.4 is 9.80 Å².